The van der Waals surface area contributed by atoms with Gasteiger partial charge in [-0.1, -0.05) is 68.0 Å². The summed E-state index contributed by atoms with van der Waals surface area (Å²) in [4.78, 5) is 67.5. The first-order valence-electron chi connectivity index (χ1n) is 17.8. The van der Waals surface area contributed by atoms with Crippen molar-refractivity contribution in [3.63, 3.8) is 0 Å². The second kappa shape index (κ2) is 13.8. The molecule has 0 radical (unpaired) electrons. The van der Waals surface area contributed by atoms with Gasteiger partial charge in [-0.3, -0.25) is 14.4 Å². The number of nitrogens with one attached hydrogen (secondary N) is 1. The zero-order valence-electron chi connectivity index (χ0n) is 30.7. The predicted molar refractivity (Wildman–Crippen MR) is 187 cm³/mol. The van der Waals surface area contributed by atoms with E-state index in [9.17, 15) is 39.3 Å². The summed E-state index contributed by atoms with van der Waals surface area (Å²) in [6, 6.07) is 15.3. The summed E-state index contributed by atoms with van der Waals surface area (Å²) in [5.41, 5.74) is -5.36. The van der Waals surface area contributed by atoms with E-state index >= 15 is 0 Å². The number of hydrogen-bond donors (Lipinski definition) is 4. The average Bonchev–Trinajstić information content (AvgIpc) is 3.11. The third-order valence-electron chi connectivity index (χ3n) is 12.3. The molecule has 53 heavy (non-hydrogen) atoms. The third kappa shape index (κ3) is 6.17. The SMILES string of the molecule is CC(=O)N[C@@H](c1ccccc1)[C@@H](O)C(=O)OC1C[C@@]2(O)[C@@H](OC(=O)c3ccccc3)[C@@H]3[C@]4(OC(C)=O)CO[C@@H]4C[C@H](O)[C@@]3(C)C(=O)CC(=C1C)C2(C)C. The molecule has 2 bridgehead atoms. The molecule has 1 aliphatic heterocycles. The molecule has 10 atom stereocenters. The van der Waals surface area contributed by atoms with Crippen molar-refractivity contribution >= 4 is 29.6 Å². The van der Waals surface area contributed by atoms with Crippen LogP contribution in [0.5, 0.6) is 0 Å². The number of rotatable bonds is 8. The number of aliphatic hydroxyl groups excluding tert-OH is 2. The highest BCUT2D eigenvalue weighted by atomic mass is 16.6. The molecular weight excluding hydrogens is 686 g/mol. The Morgan fingerprint density at radius 1 is 0.962 bits per heavy atom. The van der Waals surface area contributed by atoms with Crippen molar-refractivity contribution in [3.05, 3.63) is 82.9 Å². The predicted octanol–water partition coefficient (Wildman–Crippen LogP) is 2.90. The van der Waals surface area contributed by atoms with Crippen LogP contribution < -0.4 is 5.32 Å². The van der Waals surface area contributed by atoms with E-state index in [2.05, 4.69) is 5.32 Å². The number of carbonyl (C=O) groups is 5. The van der Waals surface area contributed by atoms with Gasteiger partial charge in [0.25, 0.3) is 0 Å². The van der Waals surface area contributed by atoms with Crippen LogP contribution in [0.15, 0.2) is 71.8 Å². The zero-order valence-corrected chi connectivity index (χ0v) is 30.7. The standard InChI is InChI=1S/C40H47NO12/c1-21-26-17-28(44)38(6)29(45)18-30-39(20-50-30,53-23(3)43)33(38)34(52-35(47)25-15-11-8-12-16-25)40(49,37(26,4)5)19-27(21)51-36(48)32(46)31(41-22(2)42)24-13-9-7-10-14-24/h7-16,27,29-34,45-46,49H,17-20H2,1-6H3,(H,41,42)/t27?,29-,30+,31-,32+,33-,34-,38+,39-,40+/m0/s1. The normalized spacial score (nSPS) is 34.1. The van der Waals surface area contributed by atoms with Crippen LogP contribution in [0.4, 0.5) is 0 Å². The van der Waals surface area contributed by atoms with Crippen LogP contribution in [-0.2, 0) is 38.1 Å². The van der Waals surface area contributed by atoms with Crippen molar-refractivity contribution in [2.45, 2.75) is 109 Å². The summed E-state index contributed by atoms with van der Waals surface area (Å²) in [6.07, 6.45) is -7.73. The Morgan fingerprint density at radius 3 is 2.15 bits per heavy atom. The van der Waals surface area contributed by atoms with E-state index in [4.69, 9.17) is 18.9 Å². The van der Waals surface area contributed by atoms with Crippen LogP contribution in [0.1, 0.15) is 82.8 Å². The van der Waals surface area contributed by atoms with Gasteiger partial charge in [0.05, 0.1) is 35.6 Å². The third-order valence-corrected chi connectivity index (χ3v) is 12.3. The number of carbonyl (C=O) groups excluding carboxylic acids is 5. The highest BCUT2D eigenvalue weighted by Crippen LogP contribution is 2.64. The first-order chi connectivity index (χ1) is 24.9. The van der Waals surface area contributed by atoms with E-state index < -0.39 is 94.1 Å². The number of aliphatic hydroxyl groups is 3. The van der Waals surface area contributed by atoms with Crippen molar-refractivity contribution in [1.82, 2.24) is 5.32 Å². The molecular formula is C40H47NO12. The zero-order chi connectivity index (χ0) is 38.7. The monoisotopic (exact) mass is 733 g/mol. The number of fused-ring (bicyclic) bond motifs is 5. The molecule has 284 valence electrons. The minimum atomic E-state index is -2.14. The van der Waals surface area contributed by atoms with Gasteiger partial charge in [-0.15, -0.1) is 0 Å². The van der Waals surface area contributed by atoms with Crippen LogP contribution in [0.2, 0.25) is 0 Å². The summed E-state index contributed by atoms with van der Waals surface area (Å²) in [5, 5.41) is 39.0. The molecule has 1 amide bonds. The minimum absolute atomic E-state index is 0.0553. The lowest BCUT2D eigenvalue weighted by molar-refractivity contribution is -0.344. The number of benzene rings is 2. The van der Waals surface area contributed by atoms with Gasteiger partial charge in [-0.05, 0) is 37.1 Å². The van der Waals surface area contributed by atoms with Crippen LogP contribution in [0.25, 0.3) is 0 Å². The maximum atomic E-state index is 14.8. The van der Waals surface area contributed by atoms with Crippen LogP contribution >= 0.6 is 0 Å². The molecule has 4 N–H and O–H groups in total. The smallest absolute Gasteiger partial charge is 0.338 e. The van der Waals surface area contributed by atoms with Crippen LogP contribution in [-0.4, -0.2) is 93.2 Å². The van der Waals surface area contributed by atoms with Gasteiger partial charge < -0.3 is 39.6 Å². The number of Topliss-reactive ketones (excluding diaryl/α,β-unsaturated/α-hetero) is 1. The first-order valence-corrected chi connectivity index (χ1v) is 17.8. The molecule has 3 fully saturated rings. The lowest BCUT2D eigenvalue weighted by Crippen LogP contribution is -2.80. The fourth-order valence-corrected chi connectivity index (χ4v) is 9.16. The van der Waals surface area contributed by atoms with E-state index in [1.807, 2.05) is 0 Å². The average molecular weight is 734 g/mol. The molecule has 2 saturated carbocycles. The quantitative estimate of drug-likeness (QED) is 0.176. The molecule has 0 spiro atoms. The molecule has 1 heterocycles. The Hall–Kier alpha value is -4.43. The lowest BCUT2D eigenvalue weighted by atomic mass is 9.45. The molecule has 2 aromatic rings. The molecule has 1 saturated heterocycles. The molecule has 1 unspecified atom stereocenters. The number of ketones is 1. The van der Waals surface area contributed by atoms with E-state index in [0.29, 0.717) is 16.7 Å². The van der Waals surface area contributed by atoms with Gasteiger partial charge in [0.1, 0.15) is 29.7 Å². The Balaban J connectivity index is 1.49. The Bertz CT molecular complexity index is 1830. The number of amides is 1. The van der Waals surface area contributed by atoms with Gasteiger partial charge in [0, 0.05) is 38.5 Å². The Morgan fingerprint density at radius 2 is 1.58 bits per heavy atom. The molecule has 2 aromatic carbocycles. The van der Waals surface area contributed by atoms with E-state index in [1.54, 1.807) is 76.2 Å². The van der Waals surface area contributed by atoms with Gasteiger partial charge in [0.2, 0.25) is 5.91 Å². The molecule has 4 aliphatic rings. The molecule has 0 aromatic heterocycles. The van der Waals surface area contributed by atoms with Crippen LogP contribution in [0, 0.1) is 16.7 Å². The van der Waals surface area contributed by atoms with Gasteiger partial charge >= 0.3 is 17.9 Å². The van der Waals surface area contributed by atoms with Gasteiger partial charge in [-0.2, -0.15) is 0 Å². The fraction of sp³-hybridized carbons (Fsp3) is 0.525. The summed E-state index contributed by atoms with van der Waals surface area (Å²) < 4.78 is 24.2. The minimum Gasteiger partial charge on any atom is -0.456 e. The van der Waals surface area contributed by atoms with Crippen molar-refractivity contribution in [3.8, 4) is 0 Å². The van der Waals surface area contributed by atoms with Crippen molar-refractivity contribution in [1.29, 1.82) is 0 Å². The highest BCUT2D eigenvalue weighted by molar-refractivity contribution is 5.91. The maximum Gasteiger partial charge on any atom is 0.338 e. The number of hydrogen-bond acceptors (Lipinski definition) is 12. The second-order valence-corrected chi connectivity index (χ2v) is 15.5. The van der Waals surface area contributed by atoms with E-state index in [-0.39, 0.29) is 31.4 Å². The second-order valence-electron chi connectivity index (χ2n) is 15.5. The molecule has 13 heteroatoms. The highest BCUT2D eigenvalue weighted by Gasteiger charge is 2.77. The summed E-state index contributed by atoms with van der Waals surface area (Å²) in [7, 11) is 0. The number of ether oxygens (including phenoxy) is 4. The topological polar surface area (TPSA) is 195 Å². The molecule has 6 rings (SSSR count). The molecule has 3 aliphatic carbocycles. The van der Waals surface area contributed by atoms with Gasteiger partial charge in [-0.25, -0.2) is 9.59 Å². The first kappa shape index (κ1) is 38.3. The lowest BCUT2D eigenvalue weighted by Gasteiger charge is -2.67. The summed E-state index contributed by atoms with van der Waals surface area (Å²) >= 11 is 0. The molecule has 13 nitrogen and oxygen atoms in total. The van der Waals surface area contributed by atoms with E-state index in [0.717, 1.165) is 0 Å². The largest absolute Gasteiger partial charge is 0.456 e. The summed E-state index contributed by atoms with van der Waals surface area (Å²) in [5.74, 6) is -4.93. The Labute approximate surface area is 307 Å². The van der Waals surface area contributed by atoms with Crippen molar-refractivity contribution < 1.29 is 58.2 Å². The Kier molecular flexibility index (Phi) is 9.95. The van der Waals surface area contributed by atoms with Crippen molar-refractivity contribution in [2.24, 2.45) is 16.7 Å². The van der Waals surface area contributed by atoms with Gasteiger partial charge in [0.15, 0.2) is 11.7 Å². The van der Waals surface area contributed by atoms with E-state index in [1.165, 1.54) is 26.0 Å². The maximum absolute atomic E-state index is 14.8. The number of esters is 3. The summed E-state index contributed by atoms with van der Waals surface area (Å²) in [6.45, 7) is 8.87. The van der Waals surface area contributed by atoms with Crippen molar-refractivity contribution in [2.75, 3.05) is 6.61 Å². The fourth-order valence-electron chi connectivity index (χ4n) is 9.16. The van der Waals surface area contributed by atoms with Crippen LogP contribution in [0.3, 0.4) is 0 Å².